The van der Waals surface area contributed by atoms with E-state index in [4.69, 9.17) is 16.3 Å². The lowest BCUT2D eigenvalue weighted by Gasteiger charge is -2.11. The standard InChI is InChI=1S/C17H12ClIN4O/c1-24-15-5-10-14(6-12(15)19)21-8-22-17(10)23-13-4-2-3-9-11(18)7-20-16(9)13/h2-8,20H,1H3,(H,21,22,23). The normalized spacial score (nSPS) is 11.1. The van der Waals surface area contributed by atoms with Crippen molar-refractivity contribution in [3.8, 4) is 5.75 Å². The molecule has 0 aliphatic rings. The number of benzene rings is 2. The number of nitrogens with zero attached hydrogens (tertiary/aromatic N) is 2. The molecule has 2 aromatic carbocycles. The van der Waals surface area contributed by atoms with Gasteiger partial charge in [-0.15, -0.1) is 0 Å². The first-order valence-electron chi connectivity index (χ1n) is 7.18. The van der Waals surface area contributed by atoms with E-state index >= 15 is 0 Å². The first kappa shape index (κ1) is 15.5. The van der Waals surface area contributed by atoms with Crippen molar-refractivity contribution in [1.82, 2.24) is 15.0 Å². The van der Waals surface area contributed by atoms with Crippen LogP contribution in [0.1, 0.15) is 0 Å². The molecule has 0 aliphatic heterocycles. The predicted molar refractivity (Wildman–Crippen MR) is 105 cm³/mol. The zero-order chi connectivity index (χ0) is 16.7. The Morgan fingerprint density at radius 3 is 2.92 bits per heavy atom. The topological polar surface area (TPSA) is 62.8 Å². The maximum absolute atomic E-state index is 6.20. The summed E-state index contributed by atoms with van der Waals surface area (Å²) >= 11 is 8.43. The van der Waals surface area contributed by atoms with Gasteiger partial charge in [0.25, 0.3) is 0 Å². The van der Waals surface area contributed by atoms with Gasteiger partial charge in [-0.2, -0.15) is 0 Å². The summed E-state index contributed by atoms with van der Waals surface area (Å²) in [5, 5.41) is 5.93. The minimum atomic E-state index is 0.692. The largest absolute Gasteiger partial charge is 0.496 e. The summed E-state index contributed by atoms with van der Waals surface area (Å²) in [5.41, 5.74) is 2.69. The van der Waals surface area contributed by atoms with Crippen LogP contribution in [0.2, 0.25) is 5.02 Å². The van der Waals surface area contributed by atoms with E-state index in [-0.39, 0.29) is 0 Å². The molecule has 0 spiro atoms. The Hall–Kier alpha value is -2.06. The maximum Gasteiger partial charge on any atom is 0.141 e. The van der Waals surface area contributed by atoms with E-state index in [1.165, 1.54) is 0 Å². The van der Waals surface area contributed by atoms with Gasteiger partial charge in [0.1, 0.15) is 17.9 Å². The number of hydrogen-bond donors (Lipinski definition) is 2. The van der Waals surface area contributed by atoms with Crippen molar-refractivity contribution in [1.29, 1.82) is 0 Å². The zero-order valence-electron chi connectivity index (χ0n) is 12.6. The molecule has 120 valence electrons. The number of methoxy groups -OCH3 is 1. The van der Waals surface area contributed by atoms with Crippen molar-refractivity contribution >= 4 is 67.5 Å². The minimum Gasteiger partial charge on any atom is -0.496 e. The number of para-hydroxylation sites is 1. The van der Waals surface area contributed by atoms with Crippen LogP contribution >= 0.6 is 34.2 Å². The van der Waals surface area contributed by atoms with Gasteiger partial charge in [-0.3, -0.25) is 0 Å². The lowest BCUT2D eigenvalue weighted by molar-refractivity contribution is 0.412. The van der Waals surface area contributed by atoms with E-state index in [1.54, 1.807) is 19.6 Å². The smallest absolute Gasteiger partial charge is 0.141 e. The molecule has 0 unspecified atom stereocenters. The molecule has 0 saturated heterocycles. The van der Waals surface area contributed by atoms with Crippen LogP contribution < -0.4 is 10.1 Å². The van der Waals surface area contributed by atoms with E-state index in [0.717, 1.165) is 36.8 Å². The first-order chi connectivity index (χ1) is 11.7. The summed E-state index contributed by atoms with van der Waals surface area (Å²) < 4.78 is 6.42. The fourth-order valence-electron chi connectivity index (χ4n) is 2.67. The lowest BCUT2D eigenvalue weighted by atomic mass is 10.2. The van der Waals surface area contributed by atoms with Crippen molar-refractivity contribution in [2.45, 2.75) is 0 Å². The molecule has 2 N–H and O–H groups in total. The number of ether oxygens (including phenoxy) is 1. The monoisotopic (exact) mass is 450 g/mol. The number of H-pyrrole nitrogens is 1. The van der Waals surface area contributed by atoms with Gasteiger partial charge in [0.2, 0.25) is 0 Å². The Morgan fingerprint density at radius 1 is 1.21 bits per heavy atom. The average Bonchev–Trinajstić information content (AvgIpc) is 2.97. The van der Waals surface area contributed by atoms with Crippen molar-refractivity contribution in [3.63, 3.8) is 0 Å². The Morgan fingerprint density at radius 2 is 2.08 bits per heavy atom. The fraction of sp³-hybridized carbons (Fsp3) is 0.0588. The van der Waals surface area contributed by atoms with Gasteiger partial charge in [-0.25, -0.2) is 9.97 Å². The van der Waals surface area contributed by atoms with E-state index in [9.17, 15) is 0 Å². The third kappa shape index (κ3) is 2.55. The second-order valence-electron chi connectivity index (χ2n) is 5.22. The Bertz CT molecular complexity index is 1060. The number of halogens is 2. The number of aromatic nitrogens is 3. The Kier molecular flexibility index (Phi) is 3.93. The van der Waals surface area contributed by atoms with E-state index < -0.39 is 0 Å². The number of nitrogens with one attached hydrogen (secondary N) is 2. The second kappa shape index (κ2) is 6.10. The number of anilines is 2. The van der Waals surface area contributed by atoms with Crippen LogP contribution in [0.15, 0.2) is 42.9 Å². The number of fused-ring (bicyclic) bond motifs is 2. The number of hydrogen-bond acceptors (Lipinski definition) is 4. The van der Waals surface area contributed by atoms with Crippen molar-refractivity contribution < 1.29 is 4.74 Å². The molecule has 7 heteroatoms. The summed E-state index contributed by atoms with van der Waals surface area (Å²) in [5.74, 6) is 1.51. The first-order valence-corrected chi connectivity index (χ1v) is 8.64. The third-order valence-corrected chi connectivity index (χ3v) is 4.98. The van der Waals surface area contributed by atoms with Crippen LogP contribution in [0.4, 0.5) is 11.5 Å². The molecule has 0 saturated carbocycles. The fourth-order valence-corrected chi connectivity index (χ4v) is 3.55. The van der Waals surface area contributed by atoms with Crippen LogP contribution in [-0.4, -0.2) is 22.1 Å². The van der Waals surface area contributed by atoms with Crippen molar-refractivity contribution in [2.75, 3.05) is 12.4 Å². The molecule has 2 heterocycles. The highest BCUT2D eigenvalue weighted by Crippen LogP contribution is 2.33. The highest BCUT2D eigenvalue weighted by Gasteiger charge is 2.11. The SMILES string of the molecule is COc1cc2c(Nc3cccc4c(Cl)c[nH]c34)ncnc2cc1I. The third-order valence-electron chi connectivity index (χ3n) is 3.83. The summed E-state index contributed by atoms with van der Waals surface area (Å²) in [6, 6.07) is 9.84. The molecule has 4 aromatic rings. The summed E-state index contributed by atoms with van der Waals surface area (Å²) in [6.07, 6.45) is 3.33. The second-order valence-corrected chi connectivity index (χ2v) is 6.79. The van der Waals surface area contributed by atoms with E-state index in [2.05, 4.69) is 42.9 Å². The zero-order valence-corrected chi connectivity index (χ0v) is 15.5. The van der Waals surface area contributed by atoms with Crippen molar-refractivity contribution in [2.24, 2.45) is 0 Å². The van der Waals surface area contributed by atoms with Crippen molar-refractivity contribution in [3.05, 3.63) is 51.4 Å². The molecule has 0 bridgehead atoms. The van der Waals surface area contributed by atoms with Gasteiger partial charge < -0.3 is 15.0 Å². The van der Waals surface area contributed by atoms with Gasteiger partial charge >= 0.3 is 0 Å². The molecular formula is C17H12ClIN4O. The minimum absolute atomic E-state index is 0.692. The molecule has 0 atom stereocenters. The van der Waals surface area contributed by atoms with Gasteiger partial charge in [0.15, 0.2) is 0 Å². The molecule has 0 fully saturated rings. The van der Waals surface area contributed by atoms with Gasteiger partial charge in [0, 0.05) is 17.0 Å². The summed E-state index contributed by atoms with van der Waals surface area (Å²) in [7, 11) is 1.65. The van der Waals surface area contributed by atoms with Crippen LogP contribution in [0.5, 0.6) is 5.75 Å². The number of aromatic amines is 1. The van der Waals surface area contributed by atoms with Crippen LogP contribution in [0.3, 0.4) is 0 Å². The lowest BCUT2D eigenvalue weighted by Crippen LogP contribution is -1.98. The van der Waals surface area contributed by atoms with Gasteiger partial charge in [-0.1, -0.05) is 23.7 Å². The quantitative estimate of drug-likeness (QED) is 0.425. The van der Waals surface area contributed by atoms with Crippen LogP contribution in [0, 0.1) is 3.57 Å². The molecule has 2 aromatic heterocycles. The Labute approximate surface area is 156 Å². The molecule has 5 nitrogen and oxygen atoms in total. The highest BCUT2D eigenvalue weighted by molar-refractivity contribution is 14.1. The van der Waals surface area contributed by atoms with E-state index in [1.807, 2.05) is 30.3 Å². The molecule has 24 heavy (non-hydrogen) atoms. The van der Waals surface area contributed by atoms with Crippen LogP contribution in [-0.2, 0) is 0 Å². The van der Waals surface area contributed by atoms with Gasteiger partial charge in [-0.05, 0) is 40.8 Å². The molecular weight excluding hydrogens is 439 g/mol. The van der Waals surface area contributed by atoms with Gasteiger partial charge in [0.05, 0.1) is 32.4 Å². The van der Waals surface area contributed by atoms with E-state index in [0.29, 0.717) is 10.8 Å². The summed E-state index contributed by atoms with van der Waals surface area (Å²) in [4.78, 5) is 11.9. The average molecular weight is 451 g/mol. The molecule has 0 amide bonds. The Balaban J connectivity index is 1.87. The predicted octanol–water partition coefficient (Wildman–Crippen LogP) is 5.12. The molecule has 4 rings (SSSR count). The highest BCUT2D eigenvalue weighted by atomic mass is 127. The maximum atomic E-state index is 6.20. The number of rotatable bonds is 3. The molecule has 0 radical (unpaired) electrons. The molecule has 0 aliphatic carbocycles. The summed E-state index contributed by atoms with van der Waals surface area (Å²) in [6.45, 7) is 0. The van der Waals surface area contributed by atoms with Crippen LogP contribution in [0.25, 0.3) is 21.8 Å².